The second kappa shape index (κ2) is 8.40. The average Bonchev–Trinajstić information content (AvgIpc) is 3.28. The number of hydrogen-bond acceptors (Lipinski definition) is 6. The molecule has 0 saturated carbocycles. The Labute approximate surface area is 166 Å². The van der Waals surface area contributed by atoms with Crippen molar-refractivity contribution < 1.29 is 27.1 Å². The van der Waals surface area contributed by atoms with Crippen LogP contribution < -0.4 is 0 Å². The molecule has 1 atom stereocenters. The lowest BCUT2D eigenvalue weighted by atomic mass is 10.2. The average molecular weight is 426 g/mol. The van der Waals surface area contributed by atoms with E-state index in [9.17, 15) is 22.4 Å². The van der Waals surface area contributed by atoms with E-state index >= 15 is 0 Å². The molecule has 0 aliphatic carbocycles. The first-order chi connectivity index (χ1) is 13.3. The number of amides is 1. The van der Waals surface area contributed by atoms with Crippen LogP contribution in [0.2, 0.25) is 0 Å². The second-order valence-electron chi connectivity index (χ2n) is 6.48. The molecule has 2 heterocycles. The zero-order chi connectivity index (χ0) is 20.3. The zero-order valence-electron chi connectivity index (χ0n) is 15.3. The Bertz CT molecular complexity index is 968. The normalized spacial score (nSPS) is 18.0. The van der Waals surface area contributed by atoms with Crippen LogP contribution in [-0.4, -0.2) is 55.9 Å². The van der Waals surface area contributed by atoms with Gasteiger partial charge in [-0.1, -0.05) is 12.1 Å². The summed E-state index contributed by atoms with van der Waals surface area (Å²) < 4.78 is 41.4. The highest BCUT2D eigenvalue weighted by Crippen LogP contribution is 2.28. The summed E-state index contributed by atoms with van der Waals surface area (Å²) in [6.45, 7) is 1.68. The first kappa shape index (κ1) is 20.5. The maximum absolute atomic E-state index is 13.0. The van der Waals surface area contributed by atoms with Crippen molar-refractivity contribution in [3.63, 3.8) is 0 Å². The molecule has 1 saturated heterocycles. The zero-order valence-corrected chi connectivity index (χ0v) is 16.9. The summed E-state index contributed by atoms with van der Waals surface area (Å²) >= 11 is 1.19. The summed E-state index contributed by atoms with van der Waals surface area (Å²) in [5, 5.41) is 0. The third-order valence-corrected chi connectivity index (χ3v) is 7.44. The summed E-state index contributed by atoms with van der Waals surface area (Å²) in [6, 6.07) is 8.88. The molecule has 1 aliphatic rings. The van der Waals surface area contributed by atoms with Crippen LogP contribution in [0.1, 0.15) is 23.0 Å². The van der Waals surface area contributed by atoms with Crippen LogP contribution in [0.3, 0.4) is 0 Å². The number of benzene rings is 1. The minimum atomic E-state index is -3.11. The molecule has 2 aromatic rings. The summed E-state index contributed by atoms with van der Waals surface area (Å²) in [4.78, 5) is 27.2. The van der Waals surface area contributed by atoms with Gasteiger partial charge in [-0.3, -0.25) is 4.79 Å². The van der Waals surface area contributed by atoms with Gasteiger partial charge in [0, 0.05) is 17.5 Å². The topological polar surface area (TPSA) is 80.8 Å². The Morgan fingerprint density at radius 1 is 1.21 bits per heavy atom. The number of likely N-dealkylation sites (N-methyl/N-ethyl adjacent to an activating group) is 1. The highest BCUT2D eigenvalue weighted by atomic mass is 32.2. The lowest BCUT2D eigenvalue weighted by Gasteiger charge is -2.26. The van der Waals surface area contributed by atoms with Gasteiger partial charge in [0.05, 0.1) is 11.5 Å². The lowest BCUT2D eigenvalue weighted by Crippen LogP contribution is -2.43. The number of carbonyl (C=O) groups excluding carboxylic acids is 2. The maximum atomic E-state index is 13.0. The third kappa shape index (κ3) is 4.77. The van der Waals surface area contributed by atoms with Crippen LogP contribution >= 0.6 is 11.3 Å². The van der Waals surface area contributed by atoms with Crippen LogP contribution in [-0.2, 0) is 19.4 Å². The Balaban J connectivity index is 1.59. The van der Waals surface area contributed by atoms with Gasteiger partial charge in [0.2, 0.25) is 0 Å². The van der Waals surface area contributed by atoms with Crippen molar-refractivity contribution in [1.82, 2.24) is 4.90 Å². The molecule has 1 amide bonds. The van der Waals surface area contributed by atoms with Crippen LogP contribution in [0, 0.1) is 5.82 Å². The van der Waals surface area contributed by atoms with Gasteiger partial charge in [0.1, 0.15) is 10.7 Å². The molecule has 3 rings (SSSR count). The molecule has 0 N–H and O–H groups in total. The van der Waals surface area contributed by atoms with E-state index in [0.717, 1.165) is 10.4 Å². The Morgan fingerprint density at radius 3 is 2.54 bits per heavy atom. The van der Waals surface area contributed by atoms with Gasteiger partial charge < -0.3 is 9.64 Å². The van der Waals surface area contributed by atoms with Gasteiger partial charge in [0.15, 0.2) is 16.4 Å². The van der Waals surface area contributed by atoms with E-state index in [0.29, 0.717) is 17.8 Å². The van der Waals surface area contributed by atoms with Crippen molar-refractivity contribution in [2.45, 2.75) is 19.4 Å². The first-order valence-corrected chi connectivity index (χ1v) is 11.5. The van der Waals surface area contributed by atoms with Crippen LogP contribution in [0.15, 0.2) is 36.4 Å². The van der Waals surface area contributed by atoms with Gasteiger partial charge in [-0.25, -0.2) is 17.6 Å². The summed E-state index contributed by atoms with van der Waals surface area (Å²) in [5.41, 5.74) is 0.779. The molecule has 1 aliphatic heterocycles. The van der Waals surface area contributed by atoms with Gasteiger partial charge in [0.25, 0.3) is 5.91 Å². The molecule has 1 aromatic carbocycles. The van der Waals surface area contributed by atoms with E-state index in [-0.39, 0.29) is 23.4 Å². The van der Waals surface area contributed by atoms with E-state index < -0.39 is 28.3 Å². The largest absolute Gasteiger partial charge is 0.451 e. The predicted octanol–water partition coefficient (Wildman–Crippen LogP) is 2.75. The molecule has 9 heteroatoms. The third-order valence-electron chi connectivity index (χ3n) is 4.57. The van der Waals surface area contributed by atoms with Gasteiger partial charge in [-0.05, 0) is 43.2 Å². The van der Waals surface area contributed by atoms with Crippen molar-refractivity contribution in [1.29, 1.82) is 0 Å². The van der Waals surface area contributed by atoms with Gasteiger partial charge in [-0.15, -0.1) is 11.3 Å². The first-order valence-electron chi connectivity index (χ1n) is 8.82. The molecule has 1 aromatic heterocycles. The van der Waals surface area contributed by atoms with E-state index in [4.69, 9.17) is 4.74 Å². The fourth-order valence-electron chi connectivity index (χ4n) is 3.16. The summed E-state index contributed by atoms with van der Waals surface area (Å²) in [5.74, 6) is -1.35. The van der Waals surface area contributed by atoms with E-state index in [2.05, 4.69) is 0 Å². The maximum Gasteiger partial charge on any atom is 0.348 e. The monoisotopic (exact) mass is 425 g/mol. The highest BCUT2D eigenvalue weighted by molar-refractivity contribution is 7.91. The molecular formula is C19H20FNO5S2. The van der Waals surface area contributed by atoms with Crippen molar-refractivity contribution in [3.05, 3.63) is 47.1 Å². The second-order valence-corrected chi connectivity index (χ2v) is 9.80. The fourth-order valence-corrected chi connectivity index (χ4v) is 5.79. The van der Waals surface area contributed by atoms with Gasteiger partial charge >= 0.3 is 5.97 Å². The fraction of sp³-hybridized carbons (Fsp3) is 0.368. The van der Waals surface area contributed by atoms with Crippen molar-refractivity contribution >= 4 is 33.1 Å². The molecule has 0 spiro atoms. The lowest BCUT2D eigenvalue weighted by molar-refractivity contribution is -0.136. The van der Waals surface area contributed by atoms with Crippen molar-refractivity contribution in [3.8, 4) is 10.4 Å². The SMILES string of the molecule is CCN(C(=O)COC(=O)c1ccc(-c2ccc(F)cc2)s1)C1CCS(=O)(=O)C1. The van der Waals surface area contributed by atoms with Crippen LogP contribution in [0.5, 0.6) is 0 Å². The number of sulfone groups is 1. The number of carbonyl (C=O) groups is 2. The number of ether oxygens (including phenoxy) is 1. The molecular weight excluding hydrogens is 405 g/mol. The Morgan fingerprint density at radius 2 is 1.93 bits per heavy atom. The number of esters is 1. The van der Waals surface area contributed by atoms with Crippen LogP contribution in [0.4, 0.5) is 4.39 Å². The van der Waals surface area contributed by atoms with Crippen molar-refractivity contribution in [2.24, 2.45) is 0 Å². The highest BCUT2D eigenvalue weighted by Gasteiger charge is 2.34. The molecule has 150 valence electrons. The number of thiophene rings is 1. The molecule has 6 nitrogen and oxygen atoms in total. The Hall–Kier alpha value is -2.26. The van der Waals surface area contributed by atoms with E-state index in [1.54, 1.807) is 31.2 Å². The summed E-state index contributed by atoms with van der Waals surface area (Å²) in [6.07, 6.45) is 0.405. The van der Waals surface area contributed by atoms with E-state index in [1.165, 1.54) is 28.4 Å². The van der Waals surface area contributed by atoms with Gasteiger partial charge in [-0.2, -0.15) is 0 Å². The molecule has 1 fully saturated rings. The molecule has 1 unspecified atom stereocenters. The minimum Gasteiger partial charge on any atom is -0.451 e. The Kier molecular flexibility index (Phi) is 6.14. The quantitative estimate of drug-likeness (QED) is 0.665. The number of halogens is 1. The smallest absolute Gasteiger partial charge is 0.348 e. The van der Waals surface area contributed by atoms with E-state index in [1.807, 2.05) is 0 Å². The molecule has 0 bridgehead atoms. The predicted molar refractivity (Wildman–Crippen MR) is 104 cm³/mol. The number of hydrogen-bond donors (Lipinski definition) is 0. The standard InChI is InChI=1S/C19H20FNO5S2/c1-2-21(15-9-10-28(24,25)12-15)18(22)11-26-19(23)17-8-7-16(27-17)13-3-5-14(20)6-4-13/h3-8,15H,2,9-12H2,1H3. The van der Waals surface area contributed by atoms with Crippen molar-refractivity contribution in [2.75, 3.05) is 24.7 Å². The number of rotatable bonds is 6. The molecule has 0 radical (unpaired) electrons. The minimum absolute atomic E-state index is 0.0491. The summed E-state index contributed by atoms with van der Waals surface area (Å²) in [7, 11) is -3.11. The number of nitrogens with zero attached hydrogens (tertiary/aromatic N) is 1. The molecule has 28 heavy (non-hydrogen) atoms. The van der Waals surface area contributed by atoms with Crippen LogP contribution in [0.25, 0.3) is 10.4 Å².